The van der Waals surface area contributed by atoms with Crippen molar-refractivity contribution in [1.82, 2.24) is 9.36 Å². The Balaban J connectivity index is 1.87. The minimum absolute atomic E-state index is 0.239. The van der Waals surface area contributed by atoms with Crippen LogP contribution in [0.15, 0.2) is 18.2 Å². The van der Waals surface area contributed by atoms with Gasteiger partial charge >= 0.3 is 0 Å². The summed E-state index contributed by atoms with van der Waals surface area (Å²) in [4.78, 5) is 16.3. The van der Waals surface area contributed by atoms with Crippen LogP contribution in [0.25, 0.3) is 0 Å². The zero-order chi connectivity index (χ0) is 13.2. The number of rotatable bonds is 2. The monoisotopic (exact) mass is 276 g/mol. The van der Waals surface area contributed by atoms with Crippen LogP contribution in [0.5, 0.6) is 5.75 Å². The van der Waals surface area contributed by atoms with Gasteiger partial charge in [-0.25, -0.2) is 4.98 Å². The van der Waals surface area contributed by atoms with E-state index in [0.717, 1.165) is 23.8 Å². The van der Waals surface area contributed by atoms with E-state index >= 15 is 0 Å². The molecule has 1 aliphatic heterocycles. The molecule has 2 N–H and O–H groups in total. The summed E-state index contributed by atoms with van der Waals surface area (Å²) in [5, 5.41) is 6.41. The molecule has 0 radical (unpaired) electrons. The van der Waals surface area contributed by atoms with E-state index in [1.807, 2.05) is 12.1 Å². The van der Waals surface area contributed by atoms with Crippen LogP contribution in [0.1, 0.15) is 16.2 Å². The molecule has 2 aromatic rings. The summed E-state index contributed by atoms with van der Waals surface area (Å²) in [6.45, 7) is 3.08. The van der Waals surface area contributed by atoms with Gasteiger partial charge in [-0.3, -0.25) is 10.1 Å². The Morgan fingerprint density at radius 3 is 3.21 bits per heavy atom. The number of carbonyl (C=O) groups is 1. The van der Waals surface area contributed by atoms with Crippen molar-refractivity contribution in [2.45, 2.75) is 6.92 Å². The van der Waals surface area contributed by atoms with Gasteiger partial charge < -0.3 is 10.1 Å². The molecule has 6 nitrogen and oxygen atoms in total. The van der Waals surface area contributed by atoms with Crippen molar-refractivity contribution in [2.24, 2.45) is 0 Å². The summed E-state index contributed by atoms with van der Waals surface area (Å²) >= 11 is 1.16. The fraction of sp³-hybridized carbons (Fsp3) is 0.250. The van der Waals surface area contributed by atoms with Gasteiger partial charge in [0.05, 0.1) is 11.3 Å². The number of hydrogen-bond acceptors (Lipinski definition) is 6. The summed E-state index contributed by atoms with van der Waals surface area (Å²) in [5.41, 5.74) is 1.34. The topological polar surface area (TPSA) is 76.1 Å². The molecule has 3 rings (SSSR count). The average molecular weight is 276 g/mol. The van der Waals surface area contributed by atoms with Gasteiger partial charge in [-0.15, -0.1) is 0 Å². The normalized spacial score (nSPS) is 13.1. The Kier molecular flexibility index (Phi) is 3.04. The average Bonchev–Trinajstić information content (AvgIpc) is 2.83. The molecule has 1 aromatic heterocycles. The lowest BCUT2D eigenvalue weighted by molar-refractivity contribution is 0.102. The molecule has 98 valence electrons. The molecule has 2 heterocycles. The molecule has 0 unspecified atom stereocenters. The first-order chi connectivity index (χ1) is 9.24. The van der Waals surface area contributed by atoms with E-state index < -0.39 is 0 Å². The molecule has 0 saturated heterocycles. The highest BCUT2D eigenvalue weighted by atomic mass is 32.1. The van der Waals surface area contributed by atoms with E-state index in [2.05, 4.69) is 20.0 Å². The van der Waals surface area contributed by atoms with E-state index in [0.29, 0.717) is 28.9 Å². The van der Waals surface area contributed by atoms with Crippen LogP contribution in [-0.2, 0) is 0 Å². The van der Waals surface area contributed by atoms with Crippen LogP contribution in [0.2, 0.25) is 0 Å². The molecule has 0 bridgehead atoms. The second kappa shape index (κ2) is 4.85. The molecular formula is C12H12N4O2S. The van der Waals surface area contributed by atoms with Crippen LogP contribution >= 0.6 is 11.5 Å². The molecule has 7 heteroatoms. The largest absolute Gasteiger partial charge is 0.489 e. The van der Waals surface area contributed by atoms with Gasteiger partial charge in [0.25, 0.3) is 5.91 Å². The standard InChI is InChI=1S/C12H12N4O2S/c1-7-14-12(19-16-7)15-11(17)8-3-2-4-9-10(8)18-6-5-13-9/h2-4,13H,5-6H2,1H3,(H,14,15,16,17). The van der Waals surface area contributed by atoms with E-state index in [1.165, 1.54) is 0 Å². The zero-order valence-electron chi connectivity index (χ0n) is 10.3. The van der Waals surface area contributed by atoms with Crippen molar-refractivity contribution in [1.29, 1.82) is 0 Å². The Morgan fingerprint density at radius 2 is 2.42 bits per heavy atom. The lowest BCUT2D eigenvalue weighted by Crippen LogP contribution is -2.21. The number of para-hydroxylation sites is 1. The van der Waals surface area contributed by atoms with Crippen LogP contribution in [-0.4, -0.2) is 28.4 Å². The first-order valence-corrected chi connectivity index (χ1v) is 6.63. The Bertz CT molecular complexity index is 626. The maximum absolute atomic E-state index is 12.2. The molecule has 1 aliphatic rings. The Hall–Kier alpha value is -2.15. The van der Waals surface area contributed by atoms with Crippen molar-refractivity contribution < 1.29 is 9.53 Å². The van der Waals surface area contributed by atoms with Gasteiger partial charge in [-0.2, -0.15) is 4.37 Å². The highest BCUT2D eigenvalue weighted by molar-refractivity contribution is 7.09. The van der Waals surface area contributed by atoms with Crippen LogP contribution in [0.4, 0.5) is 10.8 Å². The molecule has 0 aliphatic carbocycles. The first kappa shape index (κ1) is 11.9. The number of anilines is 2. The molecule has 0 atom stereocenters. The first-order valence-electron chi connectivity index (χ1n) is 5.85. The highest BCUT2D eigenvalue weighted by Crippen LogP contribution is 2.31. The molecular weight excluding hydrogens is 264 g/mol. The molecule has 19 heavy (non-hydrogen) atoms. The van der Waals surface area contributed by atoms with E-state index in [-0.39, 0.29) is 5.91 Å². The fourth-order valence-corrected chi connectivity index (χ4v) is 2.43. The van der Waals surface area contributed by atoms with Gasteiger partial charge in [0.2, 0.25) is 5.13 Å². The van der Waals surface area contributed by atoms with Crippen molar-refractivity contribution in [2.75, 3.05) is 23.8 Å². The second-order valence-corrected chi connectivity index (χ2v) is 4.81. The third kappa shape index (κ3) is 2.37. The molecule has 0 spiro atoms. The quantitative estimate of drug-likeness (QED) is 0.876. The third-order valence-corrected chi connectivity index (χ3v) is 3.39. The molecule has 0 saturated carbocycles. The lowest BCUT2D eigenvalue weighted by atomic mass is 10.1. The number of nitrogens with zero attached hydrogens (tertiary/aromatic N) is 2. The highest BCUT2D eigenvalue weighted by Gasteiger charge is 2.19. The number of aryl methyl sites for hydroxylation is 1. The SMILES string of the molecule is Cc1nsc(NC(=O)c2cccc3c2OCCN3)n1. The van der Waals surface area contributed by atoms with Crippen molar-refractivity contribution in [3.8, 4) is 5.75 Å². The summed E-state index contributed by atoms with van der Waals surface area (Å²) in [6, 6.07) is 5.44. The minimum atomic E-state index is -0.239. The van der Waals surface area contributed by atoms with Gasteiger partial charge in [0.1, 0.15) is 12.4 Å². The van der Waals surface area contributed by atoms with Gasteiger partial charge in [-0.1, -0.05) is 6.07 Å². The number of fused-ring (bicyclic) bond motifs is 1. The third-order valence-electron chi connectivity index (χ3n) is 2.67. The maximum atomic E-state index is 12.2. The zero-order valence-corrected chi connectivity index (χ0v) is 11.1. The van der Waals surface area contributed by atoms with Crippen LogP contribution < -0.4 is 15.4 Å². The summed E-state index contributed by atoms with van der Waals surface area (Å²) < 4.78 is 9.59. The number of aromatic nitrogens is 2. The molecule has 1 aromatic carbocycles. The van der Waals surface area contributed by atoms with Crippen LogP contribution in [0.3, 0.4) is 0 Å². The van der Waals surface area contributed by atoms with Gasteiger partial charge in [0.15, 0.2) is 5.75 Å². The van der Waals surface area contributed by atoms with E-state index in [4.69, 9.17) is 4.74 Å². The van der Waals surface area contributed by atoms with Crippen LogP contribution in [0, 0.1) is 6.92 Å². The molecule has 1 amide bonds. The Morgan fingerprint density at radius 1 is 1.53 bits per heavy atom. The fourth-order valence-electron chi connectivity index (χ4n) is 1.86. The number of benzene rings is 1. The number of ether oxygens (including phenoxy) is 1. The number of carbonyl (C=O) groups excluding carboxylic acids is 1. The summed E-state index contributed by atoms with van der Waals surface area (Å²) in [7, 11) is 0. The van der Waals surface area contributed by atoms with Crippen molar-refractivity contribution in [3.05, 3.63) is 29.6 Å². The van der Waals surface area contributed by atoms with E-state index in [1.54, 1.807) is 13.0 Å². The molecule has 0 fully saturated rings. The summed E-state index contributed by atoms with van der Waals surface area (Å²) in [6.07, 6.45) is 0. The predicted molar refractivity (Wildman–Crippen MR) is 73.0 cm³/mol. The van der Waals surface area contributed by atoms with E-state index in [9.17, 15) is 4.79 Å². The van der Waals surface area contributed by atoms with Gasteiger partial charge in [-0.05, 0) is 19.1 Å². The lowest BCUT2D eigenvalue weighted by Gasteiger charge is -2.21. The number of nitrogens with one attached hydrogen (secondary N) is 2. The summed E-state index contributed by atoms with van der Waals surface area (Å²) in [5.74, 6) is 0.998. The minimum Gasteiger partial charge on any atom is -0.489 e. The second-order valence-electron chi connectivity index (χ2n) is 4.06. The number of hydrogen-bond donors (Lipinski definition) is 2. The maximum Gasteiger partial charge on any atom is 0.261 e. The Labute approximate surface area is 114 Å². The van der Waals surface area contributed by atoms with Gasteiger partial charge in [0, 0.05) is 18.1 Å². The number of amides is 1. The van der Waals surface area contributed by atoms with Crippen molar-refractivity contribution >= 4 is 28.3 Å². The smallest absolute Gasteiger partial charge is 0.261 e. The predicted octanol–water partition coefficient (Wildman–Crippen LogP) is 1.90. The van der Waals surface area contributed by atoms with Crippen molar-refractivity contribution in [3.63, 3.8) is 0 Å².